The summed E-state index contributed by atoms with van der Waals surface area (Å²) in [6.07, 6.45) is 2.01. The number of furan rings is 1. The number of aryl methyl sites for hydroxylation is 1. The van der Waals surface area contributed by atoms with Crippen molar-refractivity contribution in [2.45, 2.75) is 46.1 Å². The predicted molar refractivity (Wildman–Crippen MR) is 140 cm³/mol. The summed E-state index contributed by atoms with van der Waals surface area (Å²) in [5.41, 5.74) is 3.23. The van der Waals surface area contributed by atoms with Crippen LogP contribution in [0, 0.1) is 12.3 Å². The molecule has 2 aromatic heterocycles. The maximum atomic E-state index is 13.6. The standard InChI is InChI=1S/C28H31N3O3S/c1-18-10-11-24(34-18)27-26-21(15-28(2,3)16-23(26)32)30-20-8-4-5-9-22(20)31(27)17-25(33)29-13-12-19-7-6-14-35-19/h4-11,14,27,30H,12-13,15-17H2,1-3H3,(H,29,33). The smallest absolute Gasteiger partial charge is 0.239 e. The van der Waals surface area contributed by atoms with Crippen molar-refractivity contribution in [3.05, 3.63) is 81.6 Å². The van der Waals surface area contributed by atoms with Gasteiger partial charge < -0.3 is 20.0 Å². The van der Waals surface area contributed by atoms with Gasteiger partial charge in [-0.05, 0) is 60.9 Å². The van der Waals surface area contributed by atoms with Crippen LogP contribution in [0.2, 0.25) is 0 Å². The first-order chi connectivity index (χ1) is 16.8. The Labute approximate surface area is 210 Å². The average molecular weight is 490 g/mol. The zero-order valence-electron chi connectivity index (χ0n) is 20.4. The Hall–Kier alpha value is -3.32. The number of Topliss-reactive ketones (excluding diaryl/α,β-unsaturated/α-hetero) is 1. The van der Waals surface area contributed by atoms with Gasteiger partial charge >= 0.3 is 0 Å². The third-order valence-corrected chi connectivity index (χ3v) is 7.56. The minimum Gasteiger partial charge on any atom is -0.464 e. The molecular formula is C28H31N3O3S. The summed E-state index contributed by atoms with van der Waals surface area (Å²) in [5, 5.41) is 8.67. The molecule has 3 heterocycles. The van der Waals surface area contributed by atoms with Gasteiger partial charge in [0.1, 0.15) is 17.6 Å². The van der Waals surface area contributed by atoms with Gasteiger partial charge in [0.25, 0.3) is 0 Å². The molecule has 0 bridgehead atoms. The number of carbonyl (C=O) groups excluding carboxylic acids is 2. The SMILES string of the molecule is Cc1ccc(C2C3=C(CC(C)(C)CC3=O)Nc3ccccc3N2CC(=O)NCCc2cccs2)o1. The van der Waals surface area contributed by atoms with E-state index in [0.29, 0.717) is 24.3 Å². The molecule has 1 amide bonds. The normalized spacial score (nSPS) is 19.0. The van der Waals surface area contributed by atoms with Crippen molar-refractivity contribution < 1.29 is 14.0 Å². The predicted octanol–water partition coefficient (Wildman–Crippen LogP) is 5.62. The number of fused-ring (bicyclic) bond motifs is 1. The highest BCUT2D eigenvalue weighted by Gasteiger charge is 2.43. The van der Waals surface area contributed by atoms with E-state index in [-0.39, 0.29) is 23.7 Å². The number of anilines is 2. The fourth-order valence-corrected chi connectivity index (χ4v) is 5.82. The quantitative estimate of drug-likeness (QED) is 0.470. The first-order valence-electron chi connectivity index (χ1n) is 12.0. The summed E-state index contributed by atoms with van der Waals surface area (Å²) in [6, 6.07) is 15.4. The van der Waals surface area contributed by atoms with Gasteiger partial charge in [0.05, 0.1) is 17.9 Å². The molecule has 6 nitrogen and oxygen atoms in total. The Bertz CT molecular complexity index is 1270. The average Bonchev–Trinajstić information content (AvgIpc) is 3.44. The van der Waals surface area contributed by atoms with E-state index in [1.807, 2.05) is 59.7 Å². The maximum Gasteiger partial charge on any atom is 0.239 e. The Morgan fingerprint density at radius 3 is 2.74 bits per heavy atom. The van der Waals surface area contributed by atoms with Crippen LogP contribution in [0.5, 0.6) is 0 Å². The summed E-state index contributed by atoms with van der Waals surface area (Å²) in [7, 11) is 0. The van der Waals surface area contributed by atoms with Crippen LogP contribution in [0.15, 0.2) is 69.6 Å². The molecule has 0 saturated carbocycles. The molecule has 0 saturated heterocycles. The number of amides is 1. The van der Waals surface area contributed by atoms with Crippen LogP contribution in [-0.4, -0.2) is 24.8 Å². The van der Waals surface area contributed by atoms with Crippen LogP contribution in [0.3, 0.4) is 0 Å². The van der Waals surface area contributed by atoms with Crippen molar-refractivity contribution in [1.82, 2.24) is 5.32 Å². The van der Waals surface area contributed by atoms with E-state index in [4.69, 9.17) is 4.42 Å². The van der Waals surface area contributed by atoms with E-state index in [2.05, 4.69) is 30.5 Å². The number of para-hydroxylation sites is 2. The van der Waals surface area contributed by atoms with Crippen molar-refractivity contribution >= 4 is 34.4 Å². The number of thiophene rings is 1. The summed E-state index contributed by atoms with van der Waals surface area (Å²) >= 11 is 1.69. The molecule has 1 unspecified atom stereocenters. The van der Waals surface area contributed by atoms with Crippen molar-refractivity contribution in [2.24, 2.45) is 5.41 Å². The topological polar surface area (TPSA) is 74.6 Å². The molecule has 0 spiro atoms. The Kier molecular flexibility index (Phi) is 6.28. The first-order valence-corrected chi connectivity index (χ1v) is 12.9. The Balaban J connectivity index is 1.53. The first kappa shape index (κ1) is 23.4. The number of hydrogen-bond donors (Lipinski definition) is 2. The van der Waals surface area contributed by atoms with E-state index in [9.17, 15) is 9.59 Å². The molecule has 2 aliphatic rings. The molecule has 182 valence electrons. The molecule has 5 rings (SSSR count). The van der Waals surface area contributed by atoms with Gasteiger partial charge in [-0.25, -0.2) is 0 Å². The van der Waals surface area contributed by atoms with E-state index >= 15 is 0 Å². The molecule has 1 aromatic carbocycles. The van der Waals surface area contributed by atoms with Gasteiger partial charge in [-0.2, -0.15) is 0 Å². The molecule has 0 radical (unpaired) electrons. The minimum absolute atomic E-state index is 0.0859. The number of carbonyl (C=O) groups is 2. The van der Waals surface area contributed by atoms with Crippen molar-refractivity contribution in [2.75, 3.05) is 23.3 Å². The minimum atomic E-state index is -0.485. The van der Waals surface area contributed by atoms with Gasteiger partial charge in [-0.15, -0.1) is 11.3 Å². The lowest BCUT2D eigenvalue weighted by Crippen LogP contribution is -2.42. The number of rotatable bonds is 6. The van der Waals surface area contributed by atoms with Gasteiger partial charge in [0, 0.05) is 29.1 Å². The van der Waals surface area contributed by atoms with Crippen LogP contribution < -0.4 is 15.5 Å². The fraction of sp³-hybridized carbons (Fsp3) is 0.357. The third-order valence-electron chi connectivity index (χ3n) is 6.62. The summed E-state index contributed by atoms with van der Waals surface area (Å²) in [4.78, 5) is 30.0. The van der Waals surface area contributed by atoms with Crippen LogP contribution in [0.4, 0.5) is 11.4 Å². The number of benzene rings is 1. The molecule has 2 N–H and O–H groups in total. The second-order valence-electron chi connectivity index (χ2n) is 10.1. The summed E-state index contributed by atoms with van der Waals surface area (Å²) in [5.74, 6) is 1.46. The third kappa shape index (κ3) is 4.91. The highest BCUT2D eigenvalue weighted by atomic mass is 32.1. The lowest BCUT2D eigenvalue weighted by atomic mass is 9.74. The largest absolute Gasteiger partial charge is 0.464 e. The van der Waals surface area contributed by atoms with Gasteiger partial charge in [0.15, 0.2) is 5.78 Å². The molecule has 7 heteroatoms. The van der Waals surface area contributed by atoms with Gasteiger partial charge in [-0.1, -0.05) is 32.0 Å². The van der Waals surface area contributed by atoms with E-state index in [1.165, 1.54) is 4.88 Å². The Morgan fingerprint density at radius 2 is 2.00 bits per heavy atom. The zero-order valence-corrected chi connectivity index (χ0v) is 21.2. The number of ketones is 1. The lowest BCUT2D eigenvalue weighted by Gasteiger charge is -2.36. The molecule has 1 atom stereocenters. The van der Waals surface area contributed by atoms with Crippen molar-refractivity contribution in [1.29, 1.82) is 0 Å². The van der Waals surface area contributed by atoms with Crippen LogP contribution >= 0.6 is 11.3 Å². The van der Waals surface area contributed by atoms with E-state index in [0.717, 1.165) is 35.7 Å². The molecule has 1 aliphatic carbocycles. The highest BCUT2D eigenvalue weighted by molar-refractivity contribution is 7.09. The molecule has 3 aromatic rings. The molecular weight excluding hydrogens is 458 g/mol. The molecule has 35 heavy (non-hydrogen) atoms. The number of allylic oxidation sites excluding steroid dienone is 1. The lowest BCUT2D eigenvalue weighted by molar-refractivity contribution is -0.120. The van der Waals surface area contributed by atoms with Crippen LogP contribution in [-0.2, 0) is 16.0 Å². The highest BCUT2D eigenvalue weighted by Crippen LogP contribution is 2.48. The fourth-order valence-electron chi connectivity index (χ4n) is 5.11. The van der Waals surface area contributed by atoms with Crippen LogP contribution in [0.1, 0.15) is 49.1 Å². The van der Waals surface area contributed by atoms with Gasteiger partial charge in [0.2, 0.25) is 5.91 Å². The second kappa shape index (κ2) is 9.38. The van der Waals surface area contributed by atoms with E-state index < -0.39 is 6.04 Å². The number of nitrogens with zero attached hydrogens (tertiary/aromatic N) is 1. The van der Waals surface area contributed by atoms with Crippen LogP contribution in [0.25, 0.3) is 0 Å². The monoisotopic (exact) mass is 489 g/mol. The van der Waals surface area contributed by atoms with E-state index in [1.54, 1.807) is 11.3 Å². The Morgan fingerprint density at radius 1 is 1.17 bits per heavy atom. The zero-order chi connectivity index (χ0) is 24.6. The molecule has 1 aliphatic heterocycles. The number of nitrogens with one attached hydrogen (secondary N) is 2. The second-order valence-corrected chi connectivity index (χ2v) is 11.2. The number of hydrogen-bond acceptors (Lipinski definition) is 6. The summed E-state index contributed by atoms with van der Waals surface area (Å²) in [6.45, 7) is 6.82. The summed E-state index contributed by atoms with van der Waals surface area (Å²) < 4.78 is 6.10. The van der Waals surface area contributed by atoms with Crippen molar-refractivity contribution in [3.63, 3.8) is 0 Å². The maximum absolute atomic E-state index is 13.6. The van der Waals surface area contributed by atoms with Gasteiger partial charge in [-0.3, -0.25) is 9.59 Å². The van der Waals surface area contributed by atoms with Crippen molar-refractivity contribution in [3.8, 4) is 0 Å². The molecule has 0 fully saturated rings.